The topological polar surface area (TPSA) is 101 Å². The zero-order valence-electron chi connectivity index (χ0n) is 17.3. The second-order valence-corrected chi connectivity index (χ2v) is 7.08. The standard InChI is InChI=1S/C24H23NO6/c1-3-13-29-15-11-9-14(10-12-15)18-19-21(31-22(25)20(18)23(26)28-4-2)16-7-5-6-8-17(16)30-24(19)27/h5-12,18H,3-4,13,25H2,1-2H3/t18-/m1/s1. The van der Waals surface area contributed by atoms with Crippen LogP contribution < -0.4 is 20.8 Å². The van der Waals surface area contributed by atoms with Crippen LogP contribution >= 0.6 is 0 Å². The third-order valence-electron chi connectivity index (χ3n) is 5.04. The molecule has 0 amide bonds. The van der Waals surface area contributed by atoms with E-state index in [0.29, 0.717) is 28.9 Å². The van der Waals surface area contributed by atoms with Gasteiger partial charge in [0.05, 0.1) is 30.1 Å². The van der Waals surface area contributed by atoms with Gasteiger partial charge in [0.25, 0.3) is 0 Å². The number of esters is 1. The van der Waals surface area contributed by atoms with E-state index in [1.54, 1.807) is 49.4 Å². The molecule has 0 radical (unpaired) electrons. The van der Waals surface area contributed by atoms with Gasteiger partial charge in [0.2, 0.25) is 5.88 Å². The average Bonchev–Trinajstić information content (AvgIpc) is 2.77. The highest BCUT2D eigenvalue weighted by Gasteiger charge is 2.39. The molecule has 1 aromatic heterocycles. The number of ether oxygens (including phenoxy) is 3. The highest BCUT2D eigenvalue weighted by Crippen LogP contribution is 2.44. The smallest absolute Gasteiger partial charge is 0.344 e. The molecule has 31 heavy (non-hydrogen) atoms. The van der Waals surface area contributed by atoms with Crippen molar-refractivity contribution in [3.05, 3.63) is 81.5 Å². The molecule has 0 spiro atoms. The highest BCUT2D eigenvalue weighted by atomic mass is 16.5. The fourth-order valence-electron chi connectivity index (χ4n) is 3.68. The van der Waals surface area contributed by atoms with Crippen LogP contribution in [0.15, 0.2) is 69.2 Å². The molecule has 2 heterocycles. The second kappa shape index (κ2) is 8.55. The van der Waals surface area contributed by atoms with E-state index in [4.69, 9.17) is 24.4 Å². The summed E-state index contributed by atoms with van der Waals surface area (Å²) < 4.78 is 22.2. The highest BCUT2D eigenvalue weighted by molar-refractivity contribution is 5.94. The summed E-state index contributed by atoms with van der Waals surface area (Å²) in [5, 5.41) is 0.593. The first kappa shape index (κ1) is 20.5. The summed E-state index contributed by atoms with van der Waals surface area (Å²) >= 11 is 0. The summed E-state index contributed by atoms with van der Waals surface area (Å²) in [5.74, 6) is -0.566. The Labute approximate surface area is 179 Å². The van der Waals surface area contributed by atoms with Gasteiger partial charge in [-0.15, -0.1) is 0 Å². The zero-order chi connectivity index (χ0) is 22.0. The largest absolute Gasteiger partial charge is 0.494 e. The second-order valence-electron chi connectivity index (χ2n) is 7.08. The number of hydrogen-bond donors (Lipinski definition) is 1. The summed E-state index contributed by atoms with van der Waals surface area (Å²) in [5.41, 5.74) is 6.91. The molecule has 4 rings (SSSR count). The van der Waals surface area contributed by atoms with Crippen LogP contribution in [0.5, 0.6) is 11.5 Å². The molecule has 0 saturated carbocycles. The first-order chi connectivity index (χ1) is 15.0. The normalized spacial score (nSPS) is 15.4. The van der Waals surface area contributed by atoms with Crippen molar-refractivity contribution in [3.63, 3.8) is 0 Å². The maximum Gasteiger partial charge on any atom is 0.344 e. The first-order valence-electron chi connectivity index (χ1n) is 10.2. The van der Waals surface area contributed by atoms with Gasteiger partial charge < -0.3 is 24.4 Å². The van der Waals surface area contributed by atoms with Crippen LogP contribution in [0.4, 0.5) is 0 Å². The van der Waals surface area contributed by atoms with E-state index in [9.17, 15) is 9.59 Å². The lowest BCUT2D eigenvalue weighted by Crippen LogP contribution is -2.31. The summed E-state index contributed by atoms with van der Waals surface area (Å²) in [6, 6.07) is 14.2. The predicted molar refractivity (Wildman–Crippen MR) is 115 cm³/mol. The molecule has 0 unspecified atom stereocenters. The molecule has 3 aromatic rings. The van der Waals surface area contributed by atoms with Crippen LogP contribution in [0.2, 0.25) is 0 Å². The van der Waals surface area contributed by atoms with E-state index in [1.807, 2.05) is 13.0 Å². The van der Waals surface area contributed by atoms with Gasteiger partial charge in [-0.3, -0.25) is 0 Å². The molecular weight excluding hydrogens is 398 g/mol. The summed E-state index contributed by atoms with van der Waals surface area (Å²) in [4.78, 5) is 25.8. The van der Waals surface area contributed by atoms with E-state index in [-0.39, 0.29) is 29.4 Å². The number of para-hydroxylation sites is 1. The Morgan fingerprint density at radius 3 is 2.55 bits per heavy atom. The van der Waals surface area contributed by atoms with Crippen LogP contribution in [0, 0.1) is 0 Å². The lowest BCUT2D eigenvalue weighted by atomic mass is 9.83. The van der Waals surface area contributed by atoms with Crippen LogP contribution in [0.25, 0.3) is 11.0 Å². The van der Waals surface area contributed by atoms with Gasteiger partial charge in [-0.1, -0.05) is 31.2 Å². The van der Waals surface area contributed by atoms with Crippen molar-refractivity contribution in [1.82, 2.24) is 0 Å². The number of fused-ring (bicyclic) bond motifs is 3. The Hall–Kier alpha value is -3.74. The molecule has 0 aliphatic carbocycles. The predicted octanol–water partition coefficient (Wildman–Crippen LogP) is 3.84. The lowest BCUT2D eigenvalue weighted by Gasteiger charge is -2.28. The molecular formula is C24H23NO6. The van der Waals surface area contributed by atoms with Crippen molar-refractivity contribution < 1.29 is 23.4 Å². The van der Waals surface area contributed by atoms with Crippen molar-refractivity contribution in [2.24, 2.45) is 5.73 Å². The average molecular weight is 421 g/mol. The summed E-state index contributed by atoms with van der Waals surface area (Å²) in [6.07, 6.45) is 0.884. The van der Waals surface area contributed by atoms with Crippen molar-refractivity contribution in [1.29, 1.82) is 0 Å². The van der Waals surface area contributed by atoms with Gasteiger partial charge in [-0.25, -0.2) is 9.59 Å². The summed E-state index contributed by atoms with van der Waals surface area (Å²) in [7, 11) is 0. The van der Waals surface area contributed by atoms with E-state index in [1.165, 1.54) is 0 Å². The molecule has 7 nitrogen and oxygen atoms in total. The molecule has 1 aliphatic rings. The Kier molecular flexibility index (Phi) is 5.66. The maximum atomic E-state index is 13.0. The Balaban J connectivity index is 1.92. The van der Waals surface area contributed by atoms with Crippen molar-refractivity contribution in [3.8, 4) is 11.5 Å². The molecule has 0 saturated heterocycles. The van der Waals surface area contributed by atoms with E-state index in [0.717, 1.165) is 6.42 Å². The SMILES string of the molecule is CCCOc1ccc([C@H]2C(C(=O)OCC)=C(N)Oc3c2c(=O)oc2ccccc32)cc1. The van der Waals surface area contributed by atoms with Crippen LogP contribution in [-0.2, 0) is 9.53 Å². The maximum absolute atomic E-state index is 13.0. The van der Waals surface area contributed by atoms with Crippen molar-refractivity contribution >= 4 is 16.9 Å². The number of carbonyl (C=O) groups excluding carboxylic acids is 1. The number of nitrogens with two attached hydrogens (primary N) is 1. The van der Waals surface area contributed by atoms with E-state index < -0.39 is 17.5 Å². The minimum Gasteiger partial charge on any atom is -0.494 e. The fraction of sp³-hybridized carbons (Fsp3) is 0.250. The molecule has 160 valence electrons. The third kappa shape index (κ3) is 3.74. The molecule has 1 atom stereocenters. The Bertz CT molecular complexity index is 1210. The zero-order valence-corrected chi connectivity index (χ0v) is 17.3. The molecule has 1 aliphatic heterocycles. The van der Waals surface area contributed by atoms with Gasteiger partial charge in [0.15, 0.2) is 5.75 Å². The molecule has 2 N–H and O–H groups in total. The van der Waals surface area contributed by atoms with Crippen LogP contribution in [-0.4, -0.2) is 19.2 Å². The van der Waals surface area contributed by atoms with Crippen molar-refractivity contribution in [2.45, 2.75) is 26.2 Å². The van der Waals surface area contributed by atoms with Crippen LogP contribution in [0.3, 0.4) is 0 Å². The number of benzene rings is 2. The minimum absolute atomic E-state index is 0.0687. The number of hydrogen-bond acceptors (Lipinski definition) is 7. The number of rotatable bonds is 6. The monoisotopic (exact) mass is 421 g/mol. The quantitative estimate of drug-likeness (QED) is 0.477. The minimum atomic E-state index is -0.802. The van der Waals surface area contributed by atoms with Gasteiger partial charge >= 0.3 is 11.6 Å². The van der Waals surface area contributed by atoms with Gasteiger partial charge in [-0.2, -0.15) is 0 Å². The molecule has 7 heteroatoms. The number of carbonyl (C=O) groups is 1. The third-order valence-corrected chi connectivity index (χ3v) is 5.04. The first-order valence-corrected chi connectivity index (χ1v) is 10.2. The van der Waals surface area contributed by atoms with Gasteiger partial charge in [0.1, 0.15) is 16.9 Å². The molecule has 0 bridgehead atoms. The van der Waals surface area contributed by atoms with E-state index >= 15 is 0 Å². The van der Waals surface area contributed by atoms with Crippen LogP contribution in [0.1, 0.15) is 37.3 Å². The summed E-state index contributed by atoms with van der Waals surface area (Å²) in [6.45, 7) is 4.47. The van der Waals surface area contributed by atoms with Crippen molar-refractivity contribution in [2.75, 3.05) is 13.2 Å². The van der Waals surface area contributed by atoms with Gasteiger partial charge in [-0.05, 0) is 43.2 Å². The molecule has 2 aromatic carbocycles. The van der Waals surface area contributed by atoms with Gasteiger partial charge in [0, 0.05) is 0 Å². The Morgan fingerprint density at radius 2 is 1.84 bits per heavy atom. The lowest BCUT2D eigenvalue weighted by molar-refractivity contribution is -0.139. The molecule has 0 fully saturated rings. The van der Waals surface area contributed by atoms with E-state index in [2.05, 4.69) is 0 Å². The fourth-order valence-corrected chi connectivity index (χ4v) is 3.68. The Morgan fingerprint density at radius 1 is 1.10 bits per heavy atom.